The highest BCUT2D eigenvalue weighted by Crippen LogP contribution is 2.49. The van der Waals surface area contributed by atoms with Crippen molar-refractivity contribution >= 4 is 28.0 Å². The van der Waals surface area contributed by atoms with Crippen LogP contribution in [0.5, 0.6) is 0 Å². The monoisotopic (exact) mass is 703 g/mol. The number of hydrogen-bond donors (Lipinski definition) is 1. The first-order valence-electron chi connectivity index (χ1n) is 19.7. The van der Waals surface area contributed by atoms with Crippen LogP contribution in [0.2, 0.25) is 0 Å². The molecule has 6 aromatic carbocycles. The van der Waals surface area contributed by atoms with Gasteiger partial charge in [0.2, 0.25) is 0 Å². The molecule has 8 rings (SSSR count). The number of fused-ring (bicyclic) bond motifs is 1. The molecule has 0 radical (unpaired) electrons. The van der Waals surface area contributed by atoms with Gasteiger partial charge in [0.15, 0.2) is 5.84 Å². The number of hydrogen-bond acceptors (Lipinski definition) is 1. The molecule has 0 aromatic heterocycles. The van der Waals surface area contributed by atoms with Crippen molar-refractivity contribution in [2.45, 2.75) is 63.3 Å². The summed E-state index contributed by atoms with van der Waals surface area (Å²) in [5, 5.41) is 2.61. The predicted molar refractivity (Wildman–Crippen MR) is 229 cm³/mol. The van der Waals surface area contributed by atoms with E-state index in [0.29, 0.717) is 17.6 Å². The molecule has 0 amide bonds. The van der Waals surface area contributed by atoms with Gasteiger partial charge in [-0.05, 0) is 75.8 Å². The van der Waals surface area contributed by atoms with E-state index in [1.54, 1.807) is 0 Å². The van der Waals surface area contributed by atoms with Crippen molar-refractivity contribution in [1.82, 2.24) is 0 Å². The van der Waals surface area contributed by atoms with Crippen molar-refractivity contribution in [3.63, 3.8) is 0 Å². The minimum Gasteiger partial charge on any atom is -0.383 e. The number of amidine groups is 2. The smallest absolute Gasteiger partial charge is 0.157 e. The van der Waals surface area contributed by atoms with E-state index in [0.717, 1.165) is 24.0 Å². The van der Waals surface area contributed by atoms with Crippen LogP contribution < -0.4 is 5.73 Å². The molecular formula is C51H49N3. The molecule has 0 saturated heterocycles. The summed E-state index contributed by atoms with van der Waals surface area (Å²) in [5.74, 6) is 1.59. The number of rotatable bonds is 9. The first-order chi connectivity index (χ1) is 26.6. The molecule has 6 aromatic rings. The van der Waals surface area contributed by atoms with Crippen molar-refractivity contribution in [2.75, 3.05) is 0 Å². The third-order valence-corrected chi connectivity index (χ3v) is 11.7. The molecule has 0 spiro atoms. The van der Waals surface area contributed by atoms with E-state index in [1.807, 2.05) is 30.3 Å². The third-order valence-electron chi connectivity index (χ3n) is 11.7. The zero-order chi connectivity index (χ0) is 36.7. The zero-order valence-corrected chi connectivity index (χ0v) is 31.2. The quantitative estimate of drug-likeness (QED) is 0.118. The molecule has 0 heterocycles. The maximum absolute atomic E-state index is 6.68. The highest BCUT2D eigenvalue weighted by molar-refractivity contribution is 6.11. The minimum atomic E-state index is -0.0587. The van der Waals surface area contributed by atoms with Crippen LogP contribution in [0.3, 0.4) is 0 Å². The molecule has 3 heteroatoms. The molecule has 0 aliphatic heterocycles. The predicted octanol–water partition coefficient (Wildman–Crippen LogP) is 12.7. The Morgan fingerprint density at radius 3 is 2.06 bits per heavy atom. The summed E-state index contributed by atoms with van der Waals surface area (Å²) in [5.41, 5.74) is 16.3. The Hall–Kier alpha value is -5.80. The van der Waals surface area contributed by atoms with Crippen molar-refractivity contribution in [1.29, 1.82) is 0 Å². The fourth-order valence-electron chi connectivity index (χ4n) is 8.75. The number of benzene rings is 6. The Balaban J connectivity index is 1.11. The lowest BCUT2D eigenvalue weighted by molar-refractivity contribution is 0.223. The Morgan fingerprint density at radius 1 is 0.685 bits per heavy atom. The fourth-order valence-corrected chi connectivity index (χ4v) is 8.75. The number of nitrogens with zero attached hydrogens (tertiary/aromatic N) is 2. The van der Waals surface area contributed by atoms with Crippen LogP contribution in [-0.4, -0.2) is 11.7 Å². The molecule has 268 valence electrons. The van der Waals surface area contributed by atoms with E-state index >= 15 is 0 Å². The van der Waals surface area contributed by atoms with E-state index in [2.05, 4.69) is 146 Å². The number of aliphatic imine (C=N–C) groups is 2. The van der Waals surface area contributed by atoms with Crippen molar-refractivity contribution in [3.05, 3.63) is 198 Å². The molecule has 54 heavy (non-hydrogen) atoms. The second kappa shape index (κ2) is 16.1. The molecule has 1 saturated carbocycles. The molecule has 3 nitrogen and oxygen atoms in total. The van der Waals surface area contributed by atoms with E-state index in [4.69, 9.17) is 15.7 Å². The van der Waals surface area contributed by atoms with Crippen LogP contribution in [-0.2, 0) is 5.41 Å². The molecule has 2 unspecified atom stereocenters. The topological polar surface area (TPSA) is 50.7 Å². The Labute approximate surface area is 320 Å². The van der Waals surface area contributed by atoms with Gasteiger partial charge in [-0.2, -0.15) is 0 Å². The molecular weight excluding hydrogens is 655 g/mol. The van der Waals surface area contributed by atoms with Gasteiger partial charge in [-0.1, -0.05) is 196 Å². The van der Waals surface area contributed by atoms with E-state index < -0.39 is 0 Å². The molecule has 2 aliphatic rings. The van der Waals surface area contributed by atoms with Crippen LogP contribution in [0.25, 0.3) is 27.5 Å². The average Bonchev–Trinajstić information content (AvgIpc) is 3.26. The van der Waals surface area contributed by atoms with Crippen molar-refractivity contribution < 1.29 is 0 Å². The van der Waals surface area contributed by atoms with Crippen molar-refractivity contribution in [2.24, 2.45) is 21.6 Å². The minimum absolute atomic E-state index is 0.0587. The first-order valence-corrected chi connectivity index (χ1v) is 19.7. The largest absolute Gasteiger partial charge is 0.383 e. The van der Waals surface area contributed by atoms with Gasteiger partial charge < -0.3 is 5.73 Å². The summed E-state index contributed by atoms with van der Waals surface area (Å²) in [6.07, 6.45) is 15.5. The van der Waals surface area contributed by atoms with Gasteiger partial charge in [0.25, 0.3) is 0 Å². The number of allylic oxidation sites excluding steroid dienone is 4. The summed E-state index contributed by atoms with van der Waals surface area (Å²) >= 11 is 0. The summed E-state index contributed by atoms with van der Waals surface area (Å²) in [6, 6.07) is 53.8. The lowest BCUT2D eigenvalue weighted by atomic mass is 9.60. The Morgan fingerprint density at radius 2 is 1.35 bits per heavy atom. The highest BCUT2D eigenvalue weighted by Gasteiger charge is 2.40. The Kier molecular flexibility index (Phi) is 10.5. The highest BCUT2D eigenvalue weighted by atomic mass is 15.0. The van der Waals surface area contributed by atoms with Crippen LogP contribution in [0.4, 0.5) is 0 Å². The summed E-state index contributed by atoms with van der Waals surface area (Å²) in [7, 11) is 0. The summed E-state index contributed by atoms with van der Waals surface area (Å²) in [4.78, 5) is 10.4. The van der Waals surface area contributed by atoms with E-state index in [-0.39, 0.29) is 11.5 Å². The maximum Gasteiger partial charge on any atom is 0.157 e. The molecule has 1 fully saturated rings. The van der Waals surface area contributed by atoms with Crippen LogP contribution in [0.1, 0.15) is 85.7 Å². The summed E-state index contributed by atoms with van der Waals surface area (Å²) in [6.45, 7) is 2.19. The number of nitrogens with two attached hydrogens (primary N) is 1. The van der Waals surface area contributed by atoms with Gasteiger partial charge in [0.1, 0.15) is 5.84 Å². The fraction of sp³-hybridized carbons (Fsp3) is 0.216. The Bertz CT molecular complexity index is 2300. The van der Waals surface area contributed by atoms with Gasteiger partial charge in [0.05, 0.1) is 6.04 Å². The van der Waals surface area contributed by atoms with E-state index in [9.17, 15) is 0 Å². The average molecular weight is 704 g/mol. The lowest BCUT2D eigenvalue weighted by Gasteiger charge is -2.44. The standard InChI is InChI=1S/C51H49N3/c1-2-48(41-25-23-38(24-26-41)37-15-6-3-7-16-37)53-50(54-49(52)42-18-8-4-9-19-42)43-29-33-45(34-30-43)51(35-12-5-13-36-51)44-31-27-40(28-32-44)47-22-14-20-39-17-10-11-21-46(39)47/h3-4,6-11,14-31,33-34,44,48H,2,5,12-13,32,35-36H2,1H3,(H2,52,53,54). The summed E-state index contributed by atoms with van der Waals surface area (Å²) < 4.78 is 0. The van der Waals surface area contributed by atoms with Gasteiger partial charge in [-0.3, -0.25) is 4.99 Å². The van der Waals surface area contributed by atoms with Gasteiger partial charge in [-0.25, -0.2) is 4.99 Å². The zero-order valence-electron chi connectivity index (χ0n) is 31.2. The second-order valence-electron chi connectivity index (χ2n) is 14.9. The molecule has 2 aliphatic carbocycles. The van der Waals surface area contributed by atoms with E-state index in [1.165, 1.54) is 76.3 Å². The molecule has 2 atom stereocenters. The first kappa shape index (κ1) is 35.2. The van der Waals surface area contributed by atoms with Crippen LogP contribution in [0.15, 0.2) is 180 Å². The normalized spacial score (nSPS) is 17.9. The van der Waals surface area contributed by atoms with Crippen LogP contribution in [0, 0.1) is 5.92 Å². The van der Waals surface area contributed by atoms with Gasteiger partial charge in [0, 0.05) is 16.5 Å². The van der Waals surface area contributed by atoms with Gasteiger partial charge >= 0.3 is 0 Å². The molecule has 0 bridgehead atoms. The maximum atomic E-state index is 6.68. The van der Waals surface area contributed by atoms with Gasteiger partial charge in [-0.15, -0.1) is 0 Å². The second-order valence-corrected chi connectivity index (χ2v) is 14.9. The lowest BCUT2D eigenvalue weighted by Crippen LogP contribution is -2.37. The molecule has 2 N–H and O–H groups in total. The SMILES string of the molecule is CCC(/N=C(\N=C(/N)c1ccccc1)c1ccc(C2(C3C=CC(c4cccc5ccccc45)=CC3)CCCCC2)cc1)c1ccc(-c2ccccc2)cc1. The van der Waals surface area contributed by atoms with Crippen molar-refractivity contribution in [3.8, 4) is 11.1 Å². The van der Waals surface area contributed by atoms with Crippen LogP contribution >= 0.6 is 0 Å². The third kappa shape index (κ3) is 7.37.